The maximum atomic E-state index is 13.7. The van der Waals surface area contributed by atoms with Crippen molar-refractivity contribution in [3.05, 3.63) is 144 Å². The molecule has 5 nitrogen and oxygen atoms in total. The van der Waals surface area contributed by atoms with E-state index in [0.717, 1.165) is 22.9 Å². The Labute approximate surface area is 202 Å². The Morgan fingerprint density at radius 2 is 1.71 bits per heavy atom. The van der Waals surface area contributed by atoms with Gasteiger partial charge in [-0.2, -0.15) is 0 Å². The van der Waals surface area contributed by atoms with Gasteiger partial charge in [0.1, 0.15) is 17.7 Å². The fourth-order valence-corrected chi connectivity index (χ4v) is 5.21. The van der Waals surface area contributed by atoms with E-state index in [4.69, 9.17) is 9.41 Å². The molecule has 0 saturated heterocycles. The largest absolute Gasteiger partial charge is 0.463 e. The Hall–Kier alpha value is -4.36. The standard InChI is InChI=1S/C28H17FN2O3S/c29-20-11-12-24-21(14-20)26(32)19(16-34-24)13-25-27(33)31-23(18-9-5-2-6-10-18)15-22(30-28(31)35-25)17-7-3-1-4-8-17/h1-16,23H/b25-13-. The molecule has 170 valence electrons. The third-order valence-electron chi connectivity index (χ3n) is 5.91. The van der Waals surface area contributed by atoms with E-state index in [-0.39, 0.29) is 28.1 Å². The van der Waals surface area contributed by atoms with Gasteiger partial charge in [0.2, 0.25) is 0 Å². The van der Waals surface area contributed by atoms with Crippen LogP contribution in [0.5, 0.6) is 0 Å². The first-order chi connectivity index (χ1) is 17.1. The smallest absolute Gasteiger partial charge is 0.271 e. The lowest BCUT2D eigenvalue weighted by Crippen LogP contribution is -2.36. The highest BCUT2D eigenvalue weighted by Gasteiger charge is 2.22. The van der Waals surface area contributed by atoms with Crippen molar-refractivity contribution in [1.29, 1.82) is 0 Å². The van der Waals surface area contributed by atoms with E-state index in [2.05, 4.69) is 0 Å². The summed E-state index contributed by atoms with van der Waals surface area (Å²) in [6.45, 7) is 0. The zero-order valence-electron chi connectivity index (χ0n) is 18.2. The average molecular weight is 481 g/mol. The van der Waals surface area contributed by atoms with E-state index in [9.17, 15) is 14.0 Å². The van der Waals surface area contributed by atoms with Crippen LogP contribution >= 0.6 is 11.3 Å². The second kappa shape index (κ2) is 8.45. The van der Waals surface area contributed by atoms with E-state index in [1.54, 1.807) is 4.57 Å². The number of halogens is 1. The van der Waals surface area contributed by atoms with Crippen molar-refractivity contribution in [3.63, 3.8) is 0 Å². The second-order valence-electron chi connectivity index (χ2n) is 8.11. The third-order valence-corrected chi connectivity index (χ3v) is 6.89. The molecule has 0 amide bonds. The van der Waals surface area contributed by atoms with Crippen LogP contribution in [0.15, 0.2) is 110 Å². The molecular formula is C28H17FN2O3S. The van der Waals surface area contributed by atoms with Crippen LogP contribution in [0.3, 0.4) is 0 Å². The average Bonchev–Trinajstić information content (AvgIpc) is 3.21. The highest BCUT2D eigenvalue weighted by atomic mass is 32.1. The number of allylic oxidation sites excluding steroid dienone is 1. The van der Waals surface area contributed by atoms with Crippen LogP contribution in [0.2, 0.25) is 0 Å². The predicted octanol–water partition coefficient (Wildman–Crippen LogP) is 4.25. The zero-order valence-corrected chi connectivity index (χ0v) is 19.0. The van der Waals surface area contributed by atoms with Gasteiger partial charge in [0.05, 0.1) is 27.2 Å². The Morgan fingerprint density at radius 1 is 0.971 bits per heavy atom. The second-order valence-corrected chi connectivity index (χ2v) is 9.12. The van der Waals surface area contributed by atoms with Crippen molar-refractivity contribution in [3.8, 4) is 0 Å². The molecule has 0 bridgehead atoms. The van der Waals surface area contributed by atoms with Gasteiger partial charge in [-0.25, -0.2) is 9.38 Å². The van der Waals surface area contributed by atoms with Crippen molar-refractivity contribution in [2.45, 2.75) is 6.04 Å². The number of hydrogen-bond donors (Lipinski definition) is 0. The van der Waals surface area contributed by atoms with Gasteiger partial charge in [0.15, 0.2) is 10.2 Å². The summed E-state index contributed by atoms with van der Waals surface area (Å²) in [7, 11) is 0. The minimum atomic E-state index is -0.530. The van der Waals surface area contributed by atoms with Gasteiger partial charge in [0.25, 0.3) is 5.56 Å². The minimum absolute atomic E-state index is 0.125. The number of hydrogen-bond acceptors (Lipinski definition) is 5. The molecule has 0 spiro atoms. The quantitative estimate of drug-likeness (QED) is 0.388. The number of benzene rings is 3. The van der Waals surface area contributed by atoms with Crippen molar-refractivity contribution in [2.75, 3.05) is 0 Å². The summed E-state index contributed by atoms with van der Waals surface area (Å²) in [5.74, 6) is -0.530. The summed E-state index contributed by atoms with van der Waals surface area (Å²) in [6.07, 6.45) is 4.77. The lowest BCUT2D eigenvalue weighted by molar-refractivity contribution is 0.595. The lowest BCUT2D eigenvalue weighted by Gasteiger charge is -2.19. The molecule has 1 atom stereocenters. The molecule has 7 heteroatoms. The monoisotopic (exact) mass is 480 g/mol. The van der Waals surface area contributed by atoms with E-state index < -0.39 is 11.2 Å². The Bertz CT molecular complexity index is 1850. The fourth-order valence-electron chi connectivity index (χ4n) is 4.20. The van der Waals surface area contributed by atoms with Crippen LogP contribution < -0.4 is 20.3 Å². The molecule has 5 aromatic rings. The summed E-state index contributed by atoms with van der Waals surface area (Å²) in [5.41, 5.74) is 2.46. The normalized spacial score (nSPS) is 15.5. The molecule has 35 heavy (non-hydrogen) atoms. The number of rotatable bonds is 3. The highest BCUT2D eigenvalue weighted by molar-refractivity contribution is 7.07. The van der Waals surface area contributed by atoms with Gasteiger partial charge in [-0.1, -0.05) is 72.0 Å². The van der Waals surface area contributed by atoms with Gasteiger partial charge < -0.3 is 4.42 Å². The van der Waals surface area contributed by atoms with Crippen molar-refractivity contribution in [2.24, 2.45) is 4.99 Å². The summed E-state index contributed by atoms with van der Waals surface area (Å²) in [6, 6.07) is 22.9. The summed E-state index contributed by atoms with van der Waals surface area (Å²) in [5, 5.41) is 0.125. The van der Waals surface area contributed by atoms with Gasteiger partial charge in [-0.3, -0.25) is 14.2 Å². The van der Waals surface area contributed by atoms with Crippen LogP contribution in [-0.2, 0) is 0 Å². The first-order valence-corrected chi connectivity index (χ1v) is 11.8. The molecule has 3 heterocycles. The fraction of sp³-hybridized carbons (Fsp3) is 0.0357. The van der Waals surface area contributed by atoms with Gasteiger partial charge in [-0.05, 0) is 41.5 Å². The van der Waals surface area contributed by atoms with E-state index in [1.807, 2.05) is 66.7 Å². The lowest BCUT2D eigenvalue weighted by atomic mass is 10.0. The molecule has 2 aromatic heterocycles. The maximum Gasteiger partial charge on any atom is 0.271 e. The van der Waals surface area contributed by atoms with Crippen LogP contribution in [0.25, 0.3) is 22.7 Å². The van der Waals surface area contributed by atoms with Crippen molar-refractivity contribution >= 4 is 34.1 Å². The summed E-state index contributed by atoms with van der Waals surface area (Å²) >= 11 is 1.20. The third kappa shape index (κ3) is 3.76. The number of aromatic nitrogens is 1. The topological polar surface area (TPSA) is 64.6 Å². The van der Waals surface area contributed by atoms with E-state index >= 15 is 0 Å². The Morgan fingerprint density at radius 3 is 2.49 bits per heavy atom. The zero-order chi connectivity index (χ0) is 23.9. The molecule has 3 aromatic carbocycles. The maximum absolute atomic E-state index is 13.7. The molecule has 0 radical (unpaired) electrons. The van der Waals surface area contributed by atoms with Gasteiger partial charge in [0, 0.05) is 0 Å². The predicted molar refractivity (Wildman–Crippen MR) is 134 cm³/mol. The molecule has 1 unspecified atom stereocenters. The Balaban J connectivity index is 1.58. The summed E-state index contributed by atoms with van der Waals surface area (Å²) in [4.78, 5) is 31.8. The molecule has 1 aliphatic rings. The van der Waals surface area contributed by atoms with Crippen molar-refractivity contribution in [1.82, 2.24) is 4.57 Å². The van der Waals surface area contributed by atoms with Crippen molar-refractivity contribution < 1.29 is 8.81 Å². The SMILES string of the molecule is O=c1c(/C=c2\sc3n(c2=O)C(c2ccccc2)C=C(c2ccccc2)N=3)coc2ccc(F)cc12. The molecule has 0 saturated carbocycles. The van der Waals surface area contributed by atoms with E-state index in [1.165, 1.54) is 35.8 Å². The van der Waals surface area contributed by atoms with Crippen LogP contribution in [0.1, 0.15) is 22.7 Å². The Kier molecular flexibility index (Phi) is 5.12. The summed E-state index contributed by atoms with van der Waals surface area (Å²) < 4.78 is 21.2. The van der Waals surface area contributed by atoms with Crippen LogP contribution in [0.4, 0.5) is 4.39 Å². The minimum Gasteiger partial charge on any atom is -0.463 e. The van der Waals surface area contributed by atoms with Gasteiger partial charge in [-0.15, -0.1) is 0 Å². The first kappa shape index (κ1) is 21.2. The molecular weight excluding hydrogens is 463 g/mol. The molecule has 0 N–H and O–H groups in total. The van der Waals surface area contributed by atoms with Gasteiger partial charge >= 0.3 is 0 Å². The number of nitrogens with zero attached hydrogens (tertiary/aromatic N) is 2. The van der Waals surface area contributed by atoms with Crippen LogP contribution in [-0.4, -0.2) is 4.57 Å². The van der Waals surface area contributed by atoms with Crippen LogP contribution in [0, 0.1) is 5.82 Å². The molecule has 1 aliphatic heterocycles. The number of fused-ring (bicyclic) bond motifs is 2. The van der Waals surface area contributed by atoms with E-state index in [0.29, 0.717) is 9.33 Å². The number of thiazole rings is 1. The first-order valence-electron chi connectivity index (χ1n) is 10.9. The molecule has 0 aliphatic carbocycles. The molecule has 6 rings (SSSR count). The highest BCUT2D eigenvalue weighted by Crippen LogP contribution is 2.26. The molecule has 0 fully saturated rings.